The quantitative estimate of drug-likeness (QED) is 0.741. The molecule has 0 radical (unpaired) electrons. The molecule has 1 unspecified atom stereocenters. The Hall–Kier alpha value is -1.91. The molecule has 2 rings (SSSR count). The van der Waals surface area contributed by atoms with Gasteiger partial charge in [0.05, 0.1) is 5.92 Å². The van der Waals surface area contributed by atoms with Gasteiger partial charge in [-0.25, -0.2) is 0 Å². The normalized spacial score (nSPS) is 12.9. The van der Waals surface area contributed by atoms with Crippen molar-refractivity contribution in [3.8, 4) is 0 Å². The van der Waals surface area contributed by atoms with Gasteiger partial charge in [-0.3, -0.25) is 9.20 Å². The number of nitrogens with zero attached hydrogens (tertiary/aromatic N) is 3. The van der Waals surface area contributed by atoms with E-state index in [4.69, 9.17) is 5.73 Å². The minimum atomic E-state index is -0.336. The van der Waals surface area contributed by atoms with Gasteiger partial charge >= 0.3 is 0 Å². The van der Waals surface area contributed by atoms with E-state index in [1.54, 1.807) is 17.7 Å². The molecule has 0 spiro atoms. The van der Waals surface area contributed by atoms with Crippen LogP contribution < -0.4 is 5.73 Å². The fourth-order valence-electron chi connectivity index (χ4n) is 1.27. The topological polar surface area (TPSA) is 73.3 Å². The lowest BCUT2D eigenvalue weighted by Crippen LogP contribution is -2.18. The zero-order valence-corrected chi connectivity index (χ0v) is 7.71. The number of rotatable bonds is 2. The van der Waals surface area contributed by atoms with Crippen LogP contribution in [0.5, 0.6) is 0 Å². The number of amides is 1. The van der Waals surface area contributed by atoms with Crippen molar-refractivity contribution in [2.45, 2.75) is 12.8 Å². The van der Waals surface area contributed by atoms with E-state index in [0.29, 0.717) is 0 Å². The molecule has 0 aliphatic carbocycles. The fourth-order valence-corrected chi connectivity index (χ4v) is 1.27. The third-order valence-electron chi connectivity index (χ3n) is 2.24. The maximum atomic E-state index is 11.0. The molecule has 2 heterocycles. The van der Waals surface area contributed by atoms with Crippen LogP contribution in [0, 0.1) is 0 Å². The van der Waals surface area contributed by atoms with Crippen molar-refractivity contribution in [1.82, 2.24) is 14.6 Å². The van der Waals surface area contributed by atoms with E-state index < -0.39 is 0 Å². The van der Waals surface area contributed by atoms with Gasteiger partial charge in [-0.05, 0) is 18.6 Å². The molecule has 2 aromatic heterocycles. The minimum Gasteiger partial charge on any atom is -0.369 e. The first kappa shape index (κ1) is 8.68. The molecule has 1 amide bonds. The molecule has 2 N–H and O–H groups in total. The second-order valence-corrected chi connectivity index (χ2v) is 3.18. The van der Waals surface area contributed by atoms with E-state index in [9.17, 15) is 4.79 Å². The minimum absolute atomic E-state index is 0.290. The molecule has 1 atom stereocenters. The monoisotopic (exact) mass is 190 g/mol. The Kier molecular flexibility index (Phi) is 1.92. The zero-order valence-electron chi connectivity index (χ0n) is 7.71. The maximum Gasteiger partial charge on any atom is 0.224 e. The molecule has 14 heavy (non-hydrogen) atoms. The molecular formula is C9H10N4O. The molecule has 5 heteroatoms. The van der Waals surface area contributed by atoms with Crippen molar-refractivity contribution in [3.05, 3.63) is 30.2 Å². The number of carbonyl (C=O) groups is 1. The van der Waals surface area contributed by atoms with Crippen LogP contribution in [0.15, 0.2) is 24.7 Å². The number of fused-ring (bicyclic) bond motifs is 1. The summed E-state index contributed by atoms with van der Waals surface area (Å²) in [5.74, 6) is -0.626. The zero-order chi connectivity index (χ0) is 10.1. The highest BCUT2D eigenvalue weighted by atomic mass is 16.1. The summed E-state index contributed by atoms with van der Waals surface area (Å²) in [5.41, 5.74) is 6.83. The third-order valence-corrected chi connectivity index (χ3v) is 2.24. The number of aromatic nitrogens is 3. The standard InChI is InChI=1S/C9H10N4O/c1-6(9(10)14)7-2-3-8-12-11-5-13(8)4-7/h2-6H,1H3,(H2,10,14). The molecule has 0 saturated heterocycles. The molecule has 0 bridgehead atoms. The Bertz CT molecular complexity index is 476. The highest BCUT2D eigenvalue weighted by molar-refractivity contribution is 5.81. The Labute approximate surface area is 80.6 Å². The fraction of sp³-hybridized carbons (Fsp3) is 0.222. The lowest BCUT2D eigenvalue weighted by molar-refractivity contribution is -0.119. The molecule has 0 fully saturated rings. The third kappa shape index (κ3) is 1.32. The van der Waals surface area contributed by atoms with E-state index >= 15 is 0 Å². The molecule has 0 aromatic carbocycles. The summed E-state index contributed by atoms with van der Waals surface area (Å²) in [4.78, 5) is 11.0. The lowest BCUT2D eigenvalue weighted by atomic mass is 10.0. The second-order valence-electron chi connectivity index (χ2n) is 3.18. The first-order valence-electron chi connectivity index (χ1n) is 4.27. The van der Waals surface area contributed by atoms with Crippen LogP contribution in [0.2, 0.25) is 0 Å². The van der Waals surface area contributed by atoms with Crippen LogP contribution in [-0.2, 0) is 4.79 Å². The summed E-state index contributed by atoms with van der Waals surface area (Å²) in [6.07, 6.45) is 3.40. The van der Waals surface area contributed by atoms with Gasteiger partial charge in [0, 0.05) is 6.20 Å². The molecule has 72 valence electrons. The SMILES string of the molecule is CC(C(N)=O)c1ccc2nncn2c1. The van der Waals surface area contributed by atoms with Crippen LogP contribution >= 0.6 is 0 Å². The van der Waals surface area contributed by atoms with E-state index in [-0.39, 0.29) is 11.8 Å². The number of hydrogen-bond donors (Lipinski definition) is 1. The maximum absolute atomic E-state index is 11.0. The van der Waals surface area contributed by atoms with Crippen molar-refractivity contribution in [2.75, 3.05) is 0 Å². The molecule has 0 saturated carbocycles. The summed E-state index contributed by atoms with van der Waals surface area (Å²) < 4.78 is 1.76. The van der Waals surface area contributed by atoms with Crippen LogP contribution in [0.1, 0.15) is 18.4 Å². The van der Waals surface area contributed by atoms with Gasteiger partial charge in [-0.2, -0.15) is 0 Å². The molecule has 0 aliphatic heterocycles. The number of pyridine rings is 1. The van der Waals surface area contributed by atoms with E-state index in [2.05, 4.69) is 10.2 Å². The van der Waals surface area contributed by atoms with E-state index in [1.807, 2.05) is 18.3 Å². The van der Waals surface area contributed by atoms with Crippen molar-refractivity contribution in [3.63, 3.8) is 0 Å². The predicted octanol–water partition coefficient (Wildman–Crippen LogP) is 0.318. The van der Waals surface area contributed by atoms with Crippen LogP contribution in [0.4, 0.5) is 0 Å². The number of carbonyl (C=O) groups excluding carboxylic acids is 1. The number of hydrogen-bond acceptors (Lipinski definition) is 3. The highest BCUT2D eigenvalue weighted by Crippen LogP contribution is 2.14. The van der Waals surface area contributed by atoms with E-state index in [1.165, 1.54) is 0 Å². The van der Waals surface area contributed by atoms with Crippen molar-refractivity contribution < 1.29 is 4.79 Å². The summed E-state index contributed by atoms with van der Waals surface area (Å²) in [6, 6.07) is 3.64. The Morgan fingerprint density at radius 1 is 1.57 bits per heavy atom. The van der Waals surface area contributed by atoms with Crippen molar-refractivity contribution in [1.29, 1.82) is 0 Å². The average Bonchev–Trinajstić information content (AvgIpc) is 2.62. The first-order valence-corrected chi connectivity index (χ1v) is 4.27. The summed E-state index contributed by atoms with van der Waals surface area (Å²) in [5, 5.41) is 7.60. The Balaban J connectivity index is 2.48. The largest absolute Gasteiger partial charge is 0.369 e. The van der Waals surface area contributed by atoms with Gasteiger partial charge in [-0.1, -0.05) is 6.07 Å². The van der Waals surface area contributed by atoms with Gasteiger partial charge in [-0.15, -0.1) is 10.2 Å². The van der Waals surface area contributed by atoms with Gasteiger partial charge in [0.15, 0.2) is 5.65 Å². The van der Waals surface area contributed by atoms with Crippen molar-refractivity contribution in [2.24, 2.45) is 5.73 Å². The first-order chi connectivity index (χ1) is 6.68. The molecule has 0 aliphatic rings. The van der Waals surface area contributed by atoms with Crippen LogP contribution in [0.3, 0.4) is 0 Å². The average molecular weight is 190 g/mol. The summed E-state index contributed by atoms with van der Waals surface area (Å²) >= 11 is 0. The molecule has 2 aromatic rings. The van der Waals surface area contributed by atoms with Gasteiger partial charge in [0.2, 0.25) is 5.91 Å². The number of primary amides is 1. The van der Waals surface area contributed by atoms with Crippen molar-refractivity contribution >= 4 is 11.6 Å². The van der Waals surface area contributed by atoms with Crippen LogP contribution in [-0.4, -0.2) is 20.5 Å². The second kappa shape index (κ2) is 3.10. The van der Waals surface area contributed by atoms with Gasteiger partial charge < -0.3 is 5.73 Å². The summed E-state index contributed by atoms with van der Waals surface area (Å²) in [6.45, 7) is 1.77. The molecular weight excluding hydrogens is 180 g/mol. The smallest absolute Gasteiger partial charge is 0.224 e. The predicted molar refractivity (Wildman–Crippen MR) is 50.6 cm³/mol. The molecule has 5 nitrogen and oxygen atoms in total. The number of nitrogens with two attached hydrogens (primary N) is 1. The van der Waals surface area contributed by atoms with Crippen LogP contribution in [0.25, 0.3) is 5.65 Å². The van der Waals surface area contributed by atoms with Gasteiger partial charge in [0.25, 0.3) is 0 Å². The summed E-state index contributed by atoms with van der Waals surface area (Å²) in [7, 11) is 0. The highest BCUT2D eigenvalue weighted by Gasteiger charge is 2.11. The van der Waals surface area contributed by atoms with Gasteiger partial charge in [0.1, 0.15) is 6.33 Å². The Morgan fingerprint density at radius 2 is 2.36 bits per heavy atom. The lowest BCUT2D eigenvalue weighted by Gasteiger charge is -2.06. The van der Waals surface area contributed by atoms with E-state index in [0.717, 1.165) is 11.2 Å². The Morgan fingerprint density at radius 3 is 3.07 bits per heavy atom.